The van der Waals surface area contributed by atoms with Gasteiger partial charge in [0.2, 0.25) is 0 Å². The summed E-state index contributed by atoms with van der Waals surface area (Å²) in [5.74, 6) is 0.444. The van der Waals surface area contributed by atoms with E-state index in [1.807, 2.05) is 6.92 Å². The molecule has 2 aromatic heterocycles. The Morgan fingerprint density at radius 3 is 2.48 bits per heavy atom. The van der Waals surface area contributed by atoms with E-state index in [9.17, 15) is 8.42 Å². The van der Waals surface area contributed by atoms with Gasteiger partial charge in [0.1, 0.15) is 10.7 Å². The molecule has 4 aromatic rings. The zero-order chi connectivity index (χ0) is 20.8. The first-order chi connectivity index (χ1) is 13.8. The van der Waals surface area contributed by atoms with E-state index in [0.29, 0.717) is 22.7 Å². The second-order valence-corrected chi connectivity index (χ2v) is 8.78. The average Bonchev–Trinajstić information content (AvgIpc) is 3.12. The third-order valence-corrected chi connectivity index (χ3v) is 6.75. The quantitative estimate of drug-likeness (QED) is 0.482. The molecular weight excluding hydrogens is 433 g/mol. The number of anilines is 2. The summed E-state index contributed by atoms with van der Waals surface area (Å²) in [5, 5.41) is 4.25. The lowest BCUT2D eigenvalue weighted by Gasteiger charge is -2.14. The van der Waals surface area contributed by atoms with Crippen molar-refractivity contribution in [1.29, 1.82) is 0 Å². The summed E-state index contributed by atoms with van der Waals surface area (Å²) in [7, 11) is -3.96. The van der Waals surface area contributed by atoms with Gasteiger partial charge in [-0.05, 0) is 42.3 Å². The summed E-state index contributed by atoms with van der Waals surface area (Å²) in [5.41, 5.74) is 9.55. The van der Waals surface area contributed by atoms with Crippen LogP contribution in [0.2, 0.25) is 10.0 Å². The van der Waals surface area contributed by atoms with E-state index in [1.165, 1.54) is 12.1 Å². The molecule has 0 saturated carbocycles. The predicted octanol–water partition coefficient (Wildman–Crippen LogP) is 4.39. The zero-order valence-electron chi connectivity index (χ0n) is 15.1. The summed E-state index contributed by atoms with van der Waals surface area (Å²) in [6, 6.07) is 11.4. The molecule has 7 nitrogen and oxygen atoms in total. The molecular formula is C19H15Cl2N5O2S. The first kappa shape index (κ1) is 19.5. The van der Waals surface area contributed by atoms with Crippen LogP contribution in [0.4, 0.5) is 11.5 Å². The van der Waals surface area contributed by atoms with Crippen molar-refractivity contribution in [3.63, 3.8) is 0 Å². The maximum atomic E-state index is 12.8. The van der Waals surface area contributed by atoms with Crippen molar-refractivity contribution in [3.8, 4) is 11.1 Å². The molecule has 2 aromatic carbocycles. The number of nitrogens with one attached hydrogen (secondary N) is 1. The van der Waals surface area contributed by atoms with Crippen molar-refractivity contribution in [2.45, 2.75) is 11.8 Å². The number of sulfonamides is 1. The lowest BCUT2D eigenvalue weighted by Crippen LogP contribution is -2.14. The maximum absolute atomic E-state index is 12.8. The van der Waals surface area contributed by atoms with Crippen LogP contribution in [0.5, 0.6) is 0 Å². The fourth-order valence-corrected chi connectivity index (χ4v) is 5.27. The summed E-state index contributed by atoms with van der Waals surface area (Å²) in [4.78, 5) is 4.18. The van der Waals surface area contributed by atoms with Crippen LogP contribution < -0.4 is 10.5 Å². The molecule has 0 bridgehead atoms. The Hall–Kier alpha value is -2.81. The number of nitrogen functional groups attached to an aromatic ring is 1. The number of aromatic nitrogens is 3. The minimum atomic E-state index is -3.96. The minimum Gasteiger partial charge on any atom is -0.383 e. The Kier molecular flexibility index (Phi) is 4.85. The van der Waals surface area contributed by atoms with E-state index in [-0.39, 0.29) is 14.9 Å². The molecule has 0 unspecified atom stereocenters. The number of benzene rings is 2. The third-order valence-electron chi connectivity index (χ3n) is 4.41. The van der Waals surface area contributed by atoms with Gasteiger partial charge >= 0.3 is 0 Å². The standard InChI is InChI=1S/C19H15Cl2N5O2S/c1-11-9-12(25-29(27,28)18-15(20)3-2-4-16(18)21)5-6-13(11)14-10-23-17-7-8-24-26(17)19(14)22/h2-10,25H,22H2,1H3. The highest BCUT2D eigenvalue weighted by Gasteiger charge is 2.22. The van der Waals surface area contributed by atoms with Crippen molar-refractivity contribution in [2.24, 2.45) is 0 Å². The number of hydrogen-bond acceptors (Lipinski definition) is 5. The highest BCUT2D eigenvalue weighted by atomic mass is 35.5. The Morgan fingerprint density at radius 1 is 1.07 bits per heavy atom. The van der Waals surface area contributed by atoms with Crippen LogP contribution in [0.15, 0.2) is 59.8 Å². The molecule has 0 radical (unpaired) electrons. The number of nitrogens with two attached hydrogens (primary N) is 1. The van der Waals surface area contributed by atoms with Gasteiger partial charge in [-0.25, -0.2) is 13.4 Å². The van der Waals surface area contributed by atoms with Gasteiger partial charge < -0.3 is 5.73 Å². The van der Waals surface area contributed by atoms with Gasteiger partial charge in [-0.15, -0.1) is 0 Å². The normalized spacial score (nSPS) is 11.7. The van der Waals surface area contributed by atoms with E-state index >= 15 is 0 Å². The van der Waals surface area contributed by atoms with E-state index in [1.54, 1.807) is 47.2 Å². The number of nitrogens with zero attached hydrogens (tertiary/aromatic N) is 3. The molecule has 0 saturated heterocycles. The van der Waals surface area contributed by atoms with Gasteiger partial charge in [0.25, 0.3) is 10.0 Å². The smallest absolute Gasteiger partial charge is 0.264 e. The van der Waals surface area contributed by atoms with Crippen molar-refractivity contribution in [1.82, 2.24) is 14.6 Å². The number of aryl methyl sites for hydroxylation is 1. The van der Waals surface area contributed by atoms with Crippen molar-refractivity contribution < 1.29 is 8.42 Å². The molecule has 4 rings (SSSR count). The Bertz CT molecular complexity index is 1330. The Labute approximate surface area is 177 Å². The fraction of sp³-hybridized carbons (Fsp3) is 0.0526. The monoisotopic (exact) mass is 447 g/mol. The van der Waals surface area contributed by atoms with Crippen molar-refractivity contribution in [2.75, 3.05) is 10.5 Å². The van der Waals surface area contributed by atoms with E-state index < -0.39 is 10.0 Å². The van der Waals surface area contributed by atoms with E-state index in [4.69, 9.17) is 28.9 Å². The third kappa shape index (κ3) is 3.50. The SMILES string of the molecule is Cc1cc(NS(=O)(=O)c2c(Cl)cccc2Cl)ccc1-c1cnc2ccnn2c1N. The lowest BCUT2D eigenvalue weighted by molar-refractivity contribution is 0.601. The highest BCUT2D eigenvalue weighted by molar-refractivity contribution is 7.93. The lowest BCUT2D eigenvalue weighted by atomic mass is 10.0. The van der Waals surface area contributed by atoms with Crippen molar-refractivity contribution >= 4 is 50.4 Å². The molecule has 0 fully saturated rings. The molecule has 0 atom stereocenters. The van der Waals surface area contributed by atoms with Gasteiger partial charge in [0.15, 0.2) is 5.65 Å². The summed E-state index contributed by atoms with van der Waals surface area (Å²) < 4.78 is 29.6. The van der Waals surface area contributed by atoms with E-state index in [2.05, 4.69) is 14.8 Å². The number of hydrogen-bond donors (Lipinski definition) is 2. The van der Waals surface area contributed by atoms with Crippen LogP contribution in [0.1, 0.15) is 5.56 Å². The molecule has 0 amide bonds. The van der Waals surface area contributed by atoms with Gasteiger partial charge in [-0.3, -0.25) is 4.72 Å². The molecule has 0 aliphatic carbocycles. The number of fused-ring (bicyclic) bond motifs is 1. The fourth-order valence-electron chi connectivity index (χ4n) is 3.07. The molecule has 29 heavy (non-hydrogen) atoms. The van der Waals surface area contributed by atoms with Crippen molar-refractivity contribution in [3.05, 3.63) is 70.5 Å². The van der Waals surface area contributed by atoms with Gasteiger partial charge in [0, 0.05) is 23.5 Å². The number of halogens is 2. The van der Waals surface area contributed by atoms with Crippen LogP contribution in [-0.2, 0) is 10.0 Å². The van der Waals surface area contributed by atoms with Crippen LogP contribution in [0.3, 0.4) is 0 Å². The molecule has 0 aliphatic heterocycles. The maximum Gasteiger partial charge on any atom is 0.264 e. The van der Waals surface area contributed by atoms with Gasteiger partial charge in [0.05, 0.1) is 16.2 Å². The molecule has 148 valence electrons. The van der Waals surface area contributed by atoms with Gasteiger partial charge in [-0.1, -0.05) is 35.3 Å². The second kappa shape index (κ2) is 7.22. The number of rotatable bonds is 4. The molecule has 3 N–H and O–H groups in total. The second-order valence-electron chi connectivity index (χ2n) is 6.34. The molecule has 10 heteroatoms. The molecule has 0 aliphatic rings. The Balaban J connectivity index is 1.71. The van der Waals surface area contributed by atoms with Crippen LogP contribution in [0.25, 0.3) is 16.8 Å². The zero-order valence-corrected chi connectivity index (χ0v) is 17.4. The van der Waals surface area contributed by atoms with E-state index in [0.717, 1.165) is 11.1 Å². The molecule has 2 heterocycles. The largest absolute Gasteiger partial charge is 0.383 e. The van der Waals surface area contributed by atoms with Crippen LogP contribution in [-0.4, -0.2) is 23.0 Å². The van der Waals surface area contributed by atoms with Gasteiger partial charge in [-0.2, -0.15) is 9.61 Å². The highest BCUT2D eigenvalue weighted by Crippen LogP contribution is 2.33. The first-order valence-corrected chi connectivity index (χ1v) is 10.7. The average molecular weight is 448 g/mol. The summed E-state index contributed by atoms with van der Waals surface area (Å²) in [6.45, 7) is 1.85. The summed E-state index contributed by atoms with van der Waals surface area (Å²) >= 11 is 12.1. The topological polar surface area (TPSA) is 102 Å². The van der Waals surface area contributed by atoms with Crippen LogP contribution in [0, 0.1) is 6.92 Å². The molecule has 0 spiro atoms. The minimum absolute atomic E-state index is 0.0460. The van der Waals surface area contributed by atoms with Crippen LogP contribution >= 0.6 is 23.2 Å². The summed E-state index contributed by atoms with van der Waals surface area (Å²) in [6.07, 6.45) is 3.29. The Morgan fingerprint density at radius 2 is 1.79 bits per heavy atom. The first-order valence-electron chi connectivity index (χ1n) is 8.44. The predicted molar refractivity (Wildman–Crippen MR) is 115 cm³/mol.